The molecular formula is C14H14BrCl2N2OS+. The minimum absolute atomic E-state index is 0.0905. The van der Waals surface area contributed by atoms with Gasteiger partial charge in [-0.2, -0.15) is 0 Å². The van der Waals surface area contributed by atoms with Gasteiger partial charge in [-0.05, 0) is 46.3 Å². The second kappa shape index (κ2) is 7.61. The Kier molecular flexibility index (Phi) is 6.08. The Hall–Kier alpha value is -0.590. The van der Waals surface area contributed by atoms with Crippen LogP contribution in [0.4, 0.5) is 5.69 Å². The van der Waals surface area contributed by atoms with Gasteiger partial charge in [0.2, 0.25) is 0 Å². The molecule has 2 rings (SSSR count). The van der Waals surface area contributed by atoms with E-state index in [0.29, 0.717) is 22.3 Å². The summed E-state index contributed by atoms with van der Waals surface area (Å²) in [5, 5.41) is 3.81. The number of hydrogen-bond donors (Lipinski definition) is 2. The fraction of sp³-hybridized carbons (Fsp3) is 0.214. The van der Waals surface area contributed by atoms with E-state index >= 15 is 0 Å². The summed E-state index contributed by atoms with van der Waals surface area (Å²) in [5.41, 5.74) is 0.542. The number of quaternary nitrogens is 1. The van der Waals surface area contributed by atoms with Crippen LogP contribution in [-0.4, -0.2) is 19.5 Å². The predicted octanol–water partition coefficient (Wildman–Crippen LogP) is 3.47. The molecule has 0 saturated carbocycles. The van der Waals surface area contributed by atoms with Crippen molar-refractivity contribution in [1.29, 1.82) is 0 Å². The normalized spacial score (nSPS) is 12.2. The molecule has 3 nitrogen and oxygen atoms in total. The molecule has 0 aliphatic rings. The number of anilines is 1. The zero-order valence-electron chi connectivity index (χ0n) is 11.3. The molecule has 7 heteroatoms. The Morgan fingerprint density at radius 1 is 1.33 bits per heavy atom. The van der Waals surface area contributed by atoms with Crippen molar-refractivity contribution in [3.8, 4) is 0 Å². The zero-order valence-corrected chi connectivity index (χ0v) is 15.2. The zero-order chi connectivity index (χ0) is 15.4. The summed E-state index contributed by atoms with van der Waals surface area (Å²) in [6.45, 7) is 1.16. The standard InChI is InChI=1S/C14H13BrCl2N2OS/c1-19(7-10-3-5-13(15)21-10)8-14(20)18-12-6-9(16)2-4-11(12)17/h2-6H,7-8H2,1H3,(H,18,20)/p+1. The van der Waals surface area contributed by atoms with Crippen LogP contribution in [0.25, 0.3) is 0 Å². The van der Waals surface area contributed by atoms with E-state index in [4.69, 9.17) is 23.2 Å². The average Bonchev–Trinajstić information content (AvgIpc) is 2.79. The average molecular weight is 409 g/mol. The van der Waals surface area contributed by atoms with Crippen molar-refractivity contribution < 1.29 is 9.69 Å². The molecule has 1 atom stereocenters. The number of carbonyl (C=O) groups excluding carboxylic acids is 1. The second-order valence-corrected chi connectivity index (χ2v) is 8.08. The third-order valence-electron chi connectivity index (χ3n) is 2.77. The summed E-state index contributed by atoms with van der Waals surface area (Å²) in [6.07, 6.45) is 0. The van der Waals surface area contributed by atoms with E-state index in [2.05, 4.69) is 27.3 Å². The SMILES string of the molecule is C[NH+](CC(=O)Nc1cc(Cl)ccc1Cl)Cc1ccc(Br)s1. The van der Waals surface area contributed by atoms with Crippen molar-refractivity contribution in [2.24, 2.45) is 0 Å². The lowest BCUT2D eigenvalue weighted by Crippen LogP contribution is -3.08. The maximum Gasteiger partial charge on any atom is 0.279 e. The van der Waals surface area contributed by atoms with E-state index in [1.54, 1.807) is 29.5 Å². The Labute approximate surface area is 146 Å². The Bertz CT molecular complexity index is 648. The summed E-state index contributed by atoms with van der Waals surface area (Å²) >= 11 is 17.0. The largest absolute Gasteiger partial charge is 0.325 e. The third-order valence-corrected chi connectivity index (χ3v) is 4.96. The van der Waals surface area contributed by atoms with Gasteiger partial charge in [-0.25, -0.2) is 0 Å². The quantitative estimate of drug-likeness (QED) is 0.780. The maximum atomic E-state index is 12.0. The van der Waals surface area contributed by atoms with Crippen molar-refractivity contribution in [3.05, 3.63) is 49.0 Å². The molecule has 1 heterocycles. The van der Waals surface area contributed by atoms with Crippen molar-refractivity contribution in [2.75, 3.05) is 18.9 Å². The molecule has 1 aromatic heterocycles. The highest BCUT2D eigenvalue weighted by atomic mass is 79.9. The number of amides is 1. The maximum absolute atomic E-state index is 12.0. The van der Waals surface area contributed by atoms with Crippen LogP contribution in [0, 0.1) is 0 Å². The minimum Gasteiger partial charge on any atom is -0.325 e. The van der Waals surface area contributed by atoms with Gasteiger partial charge in [0.1, 0.15) is 6.54 Å². The van der Waals surface area contributed by atoms with Gasteiger partial charge in [-0.1, -0.05) is 23.2 Å². The van der Waals surface area contributed by atoms with E-state index in [9.17, 15) is 4.79 Å². The van der Waals surface area contributed by atoms with Crippen molar-refractivity contribution in [2.45, 2.75) is 6.54 Å². The topological polar surface area (TPSA) is 33.5 Å². The number of rotatable bonds is 5. The number of benzene rings is 1. The van der Waals surface area contributed by atoms with E-state index in [1.165, 1.54) is 4.88 Å². The van der Waals surface area contributed by atoms with Crippen LogP contribution in [0.3, 0.4) is 0 Å². The van der Waals surface area contributed by atoms with E-state index in [-0.39, 0.29) is 5.91 Å². The van der Waals surface area contributed by atoms with Gasteiger partial charge in [-0.15, -0.1) is 11.3 Å². The Morgan fingerprint density at radius 2 is 2.10 bits per heavy atom. The number of thiophene rings is 1. The molecule has 2 aromatic rings. The van der Waals surface area contributed by atoms with E-state index in [0.717, 1.165) is 15.2 Å². The fourth-order valence-corrected chi connectivity index (χ4v) is 3.80. The summed E-state index contributed by atoms with van der Waals surface area (Å²) in [5.74, 6) is -0.0905. The molecule has 0 saturated heterocycles. The first-order valence-electron chi connectivity index (χ1n) is 6.24. The van der Waals surface area contributed by atoms with Gasteiger partial charge in [-0.3, -0.25) is 4.79 Å². The number of likely N-dealkylation sites (N-methyl/N-ethyl adjacent to an activating group) is 1. The first-order valence-corrected chi connectivity index (χ1v) is 8.61. The van der Waals surface area contributed by atoms with Gasteiger partial charge >= 0.3 is 0 Å². The fourth-order valence-electron chi connectivity index (χ4n) is 1.87. The number of nitrogens with one attached hydrogen (secondary N) is 2. The lowest BCUT2D eigenvalue weighted by Gasteiger charge is -2.13. The molecule has 112 valence electrons. The summed E-state index contributed by atoms with van der Waals surface area (Å²) in [4.78, 5) is 14.4. The molecular weight excluding hydrogens is 395 g/mol. The van der Waals surface area contributed by atoms with Crippen LogP contribution in [0.5, 0.6) is 0 Å². The molecule has 0 bridgehead atoms. The van der Waals surface area contributed by atoms with E-state index in [1.807, 2.05) is 13.1 Å². The van der Waals surface area contributed by atoms with Gasteiger partial charge in [0.05, 0.1) is 26.4 Å². The highest BCUT2D eigenvalue weighted by Crippen LogP contribution is 2.25. The molecule has 0 radical (unpaired) electrons. The van der Waals surface area contributed by atoms with Gasteiger partial charge in [0, 0.05) is 5.02 Å². The monoisotopic (exact) mass is 407 g/mol. The molecule has 1 aromatic carbocycles. The molecule has 0 fully saturated rings. The number of carbonyl (C=O) groups is 1. The minimum atomic E-state index is -0.0905. The van der Waals surface area contributed by atoms with Crippen LogP contribution >= 0.6 is 50.5 Å². The molecule has 1 amide bonds. The third kappa shape index (κ3) is 5.27. The second-order valence-electron chi connectivity index (χ2n) is 4.69. The first kappa shape index (κ1) is 16.8. The molecule has 1 unspecified atom stereocenters. The smallest absolute Gasteiger partial charge is 0.279 e. The molecule has 2 N–H and O–H groups in total. The van der Waals surface area contributed by atoms with Crippen molar-refractivity contribution in [3.63, 3.8) is 0 Å². The Morgan fingerprint density at radius 3 is 2.76 bits per heavy atom. The molecule has 0 aliphatic heterocycles. The van der Waals surface area contributed by atoms with Crippen LogP contribution in [0.15, 0.2) is 34.1 Å². The van der Waals surface area contributed by atoms with Gasteiger partial charge < -0.3 is 10.2 Å². The van der Waals surface area contributed by atoms with Crippen LogP contribution in [0.2, 0.25) is 10.0 Å². The summed E-state index contributed by atoms with van der Waals surface area (Å²) in [6, 6.07) is 9.07. The number of halogens is 3. The first-order chi connectivity index (χ1) is 9.94. The predicted molar refractivity (Wildman–Crippen MR) is 92.6 cm³/mol. The van der Waals surface area contributed by atoms with Crippen LogP contribution in [0.1, 0.15) is 4.88 Å². The lowest BCUT2D eigenvalue weighted by molar-refractivity contribution is -0.884. The van der Waals surface area contributed by atoms with Crippen LogP contribution < -0.4 is 10.2 Å². The van der Waals surface area contributed by atoms with Gasteiger partial charge in [0.15, 0.2) is 6.54 Å². The molecule has 0 spiro atoms. The van der Waals surface area contributed by atoms with E-state index < -0.39 is 0 Å². The summed E-state index contributed by atoms with van der Waals surface area (Å²) < 4.78 is 1.10. The highest BCUT2D eigenvalue weighted by molar-refractivity contribution is 9.11. The van der Waals surface area contributed by atoms with Gasteiger partial charge in [0.25, 0.3) is 5.91 Å². The molecule has 21 heavy (non-hydrogen) atoms. The lowest BCUT2D eigenvalue weighted by atomic mass is 10.3. The van der Waals surface area contributed by atoms with Crippen LogP contribution in [-0.2, 0) is 11.3 Å². The Balaban J connectivity index is 1.90. The molecule has 0 aliphatic carbocycles. The number of hydrogen-bond acceptors (Lipinski definition) is 2. The van der Waals surface area contributed by atoms with Crippen molar-refractivity contribution >= 4 is 62.1 Å². The van der Waals surface area contributed by atoms with Crippen molar-refractivity contribution in [1.82, 2.24) is 0 Å². The summed E-state index contributed by atoms with van der Waals surface area (Å²) in [7, 11) is 1.98. The highest BCUT2D eigenvalue weighted by Gasteiger charge is 2.13.